The zero-order chi connectivity index (χ0) is 23.5. The van der Waals surface area contributed by atoms with E-state index in [9.17, 15) is 19.5 Å². The average molecular weight is 375 g/mol. The molecule has 144 valence electrons. The normalized spacial score (nSPS) is 33.6. The molecule has 0 aromatic heterocycles. The van der Waals surface area contributed by atoms with Gasteiger partial charge in [0.2, 0.25) is 11.8 Å². The molecule has 1 N–H and O–H groups in total. The van der Waals surface area contributed by atoms with Crippen LogP contribution in [0.5, 0.6) is 0 Å². The van der Waals surface area contributed by atoms with Gasteiger partial charge in [-0.3, -0.25) is 9.59 Å². The number of carbonyl (C=O) groups is 3. The summed E-state index contributed by atoms with van der Waals surface area (Å²) >= 11 is 0. The maximum absolute atomic E-state index is 13.3. The first-order valence-corrected chi connectivity index (χ1v) is 9.49. The van der Waals surface area contributed by atoms with Crippen molar-refractivity contribution in [2.24, 2.45) is 5.92 Å². The highest BCUT2D eigenvalue weighted by Gasteiger charge is 2.56. The third-order valence-electron chi connectivity index (χ3n) is 6.25. The Labute approximate surface area is 166 Å². The minimum atomic E-state index is -1.33. The number of nitrogens with zero attached hydrogens (tertiary/aromatic N) is 2. The first-order valence-electron chi connectivity index (χ1n) is 12.0. The maximum Gasteiger partial charge on any atom is 0.326 e. The van der Waals surface area contributed by atoms with Crippen molar-refractivity contribution in [2.45, 2.75) is 69.6 Å². The lowest BCUT2D eigenvalue weighted by Crippen LogP contribution is -2.66. The van der Waals surface area contributed by atoms with Crippen LogP contribution in [0.15, 0.2) is 30.2 Å². The van der Waals surface area contributed by atoms with Gasteiger partial charge in [0.1, 0.15) is 18.1 Å². The van der Waals surface area contributed by atoms with Crippen LogP contribution in [-0.2, 0) is 20.8 Å². The van der Waals surface area contributed by atoms with Gasteiger partial charge in [0.25, 0.3) is 0 Å². The molecule has 1 aromatic carbocycles. The van der Waals surface area contributed by atoms with Crippen LogP contribution in [0, 0.1) is 5.92 Å². The molecule has 3 aliphatic rings. The predicted molar refractivity (Wildman–Crippen MR) is 98.9 cm³/mol. The second kappa shape index (κ2) is 6.98. The highest BCUT2D eigenvalue weighted by molar-refractivity contribution is 5.99. The lowest BCUT2D eigenvalue weighted by Gasteiger charge is -2.45. The monoisotopic (exact) mass is 375 g/mol. The summed E-state index contributed by atoms with van der Waals surface area (Å²) in [5.74, 6) is -1.62. The smallest absolute Gasteiger partial charge is 0.326 e. The standard InChI is InChI=1S/C21H26N2O4/c1-13-19(24)23-16-9-5-8-15(16)12-18(23)20(25)22(13)17(21(26)27)11-10-14-6-3-2-4-7-14/h2-4,6-7,13,15-18H,5,8-12H2,1H3,(H,26,27)/t13-,15-,16-,17+,18-/m1/s1/i2D,3D,4D,6D,7D. The maximum atomic E-state index is 13.3. The van der Waals surface area contributed by atoms with Crippen LogP contribution in [0.3, 0.4) is 0 Å². The fraction of sp³-hybridized carbons (Fsp3) is 0.571. The molecule has 2 heterocycles. The number of hydrogen-bond acceptors (Lipinski definition) is 3. The SMILES string of the molecule is [2H]c1c([2H])c([2H])c(CC[C@@H](C(=O)O)N2C(=O)[C@H]3C[C@H]4CCC[C@H]4N3C(=O)[C@H]2C)c([2H])c1[2H]. The molecule has 1 aliphatic carbocycles. The number of hydrogen-bond donors (Lipinski definition) is 1. The van der Waals surface area contributed by atoms with E-state index < -0.39 is 42.2 Å². The fourth-order valence-electron chi connectivity index (χ4n) is 5.01. The number of benzene rings is 1. The summed E-state index contributed by atoms with van der Waals surface area (Å²) in [4.78, 5) is 41.5. The Balaban J connectivity index is 1.61. The number of aliphatic carboxylic acids is 1. The second-order valence-electron chi connectivity index (χ2n) is 7.67. The lowest BCUT2D eigenvalue weighted by molar-refractivity contribution is -0.168. The first-order chi connectivity index (χ1) is 15.1. The van der Waals surface area contributed by atoms with Crippen LogP contribution in [0.1, 0.15) is 51.4 Å². The zero-order valence-corrected chi connectivity index (χ0v) is 15.2. The number of piperazine rings is 1. The van der Waals surface area contributed by atoms with Crippen molar-refractivity contribution in [1.82, 2.24) is 9.80 Å². The van der Waals surface area contributed by atoms with E-state index in [-0.39, 0.29) is 54.3 Å². The van der Waals surface area contributed by atoms with Gasteiger partial charge in [-0.1, -0.05) is 36.6 Å². The van der Waals surface area contributed by atoms with Crippen LogP contribution in [0.2, 0.25) is 0 Å². The molecule has 27 heavy (non-hydrogen) atoms. The molecule has 1 aromatic rings. The zero-order valence-electron chi connectivity index (χ0n) is 20.2. The molecule has 4 rings (SSSR count). The van der Waals surface area contributed by atoms with E-state index in [2.05, 4.69) is 0 Å². The van der Waals surface area contributed by atoms with Crippen molar-refractivity contribution in [1.29, 1.82) is 0 Å². The molecular formula is C21H26N2O4. The van der Waals surface area contributed by atoms with E-state index in [4.69, 9.17) is 6.85 Å². The Bertz CT molecular complexity index is 974. The Kier molecular flexibility index (Phi) is 3.34. The van der Waals surface area contributed by atoms with Crippen molar-refractivity contribution in [3.05, 3.63) is 35.8 Å². The highest BCUT2D eigenvalue weighted by atomic mass is 16.4. The first kappa shape index (κ1) is 12.9. The topological polar surface area (TPSA) is 77.9 Å². The molecular weight excluding hydrogens is 344 g/mol. The Hall–Kier alpha value is -2.37. The van der Waals surface area contributed by atoms with Crippen LogP contribution in [0.25, 0.3) is 0 Å². The van der Waals surface area contributed by atoms with E-state index in [0.29, 0.717) is 6.42 Å². The van der Waals surface area contributed by atoms with Gasteiger partial charge in [0, 0.05) is 6.04 Å². The van der Waals surface area contributed by atoms with Gasteiger partial charge in [0.05, 0.1) is 6.85 Å². The lowest BCUT2D eigenvalue weighted by atomic mass is 9.97. The molecule has 2 aliphatic heterocycles. The van der Waals surface area contributed by atoms with Crippen molar-refractivity contribution in [3.63, 3.8) is 0 Å². The van der Waals surface area contributed by atoms with Gasteiger partial charge >= 0.3 is 5.97 Å². The van der Waals surface area contributed by atoms with Gasteiger partial charge in [-0.2, -0.15) is 0 Å². The molecule has 0 spiro atoms. The van der Waals surface area contributed by atoms with Crippen LogP contribution in [-0.4, -0.2) is 56.9 Å². The number of amides is 2. The molecule has 1 saturated carbocycles. The van der Waals surface area contributed by atoms with E-state index >= 15 is 0 Å². The largest absolute Gasteiger partial charge is 0.480 e. The number of fused-ring (bicyclic) bond motifs is 3. The van der Waals surface area contributed by atoms with Gasteiger partial charge < -0.3 is 14.9 Å². The van der Waals surface area contributed by atoms with Crippen molar-refractivity contribution in [3.8, 4) is 0 Å². The minimum Gasteiger partial charge on any atom is -0.480 e. The Morgan fingerprint density at radius 1 is 1.26 bits per heavy atom. The van der Waals surface area contributed by atoms with Crippen molar-refractivity contribution >= 4 is 17.8 Å². The van der Waals surface area contributed by atoms with Gasteiger partial charge in [-0.15, -0.1) is 0 Å². The van der Waals surface area contributed by atoms with Gasteiger partial charge in [-0.05, 0) is 50.5 Å². The third-order valence-corrected chi connectivity index (χ3v) is 6.25. The number of carbonyl (C=O) groups excluding carboxylic acids is 2. The molecule has 6 heteroatoms. The fourth-order valence-corrected chi connectivity index (χ4v) is 5.01. The van der Waals surface area contributed by atoms with E-state index in [1.54, 1.807) is 11.8 Å². The Morgan fingerprint density at radius 2 is 2.00 bits per heavy atom. The van der Waals surface area contributed by atoms with Gasteiger partial charge in [0.15, 0.2) is 0 Å². The molecule has 5 atom stereocenters. The predicted octanol–water partition coefficient (Wildman–Crippen LogP) is 2.07. The summed E-state index contributed by atoms with van der Waals surface area (Å²) in [5, 5.41) is 9.90. The molecule has 0 bridgehead atoms. The summed E-state index contributed by atoms with van der Waals surface area (Å²) in [6.07, 6.45) is 3.11. The van der Waals surface area contributed by atoms with E-state index in [0.717, 1.165) is 24.2 Å². The molecule has 0 unspecified atom stereocenters. The average Bonchev–Trinajstić information content (AvgIpc) is 3.34. The minimum absolute atomic E-state index is 0.00251. The molecule has 2 amide bonds. The highest BCUT2D eigenvalue weighted by Crippen LogP contribution is 2.44. The van der Waals surface area contributed by atoms with Crippen LogP contribution < -0.4 is 0 Å². The third kappa shape index (κ3) is 3.01. The summed E-state index contributed by atoms with van der Waals surface area (Å²) < 4.78 is 39.4. The molecule has 2 saturated heterocycles. The summed E-state index contributed by atoms with van der Waals surface area (Å²) in [5.41, 5.74) is 0.00251. The van der Waals surface area contributed by atoms with E-state index in [1.165, 1.54) is 0 Å². The summed E-state index contributed by atoms with van der Waals surface area (Å²) in [6, 6.07) is -5.12. The number of carboxylic acid groups (broad SMARTS) is 1. The van der Waals surface area contributed by atoms with Crippen LogP contribution in [0.4, 0.5) is 0 Å². The molecule has 3 fully saturated rings. The van der Waals surface area contributed by atoms with Gasteiger partial charge in [-0.25, -0.2) is 4.79 Å². The quantitative estimate of drug-likeness (QED) is 0.855. The van der Waals surface area contributed by atoms with Crippen LogP contribution >= 0.6 is 0 Å². The second-order valence-corrected chi connectivity index (χ2v) is 7.67. The van der Waals surface area contributed by atoms with Crippen molar-refractivity contribution in [2.75, 3.05) is 0 Å². The molecule has 6 nitrogen and oxygen atoms in total. The summed E-state index contributed by atoms with van der Waals surface area (Å²) in [7, 11) is 0. The van der Waals surface area contributed by atoms with Crippen molar-refractivity contribution < 1.29 is 26.3 Å². The number of rotatable bonds is 5. The molecule has 0 radical (unpaired) electrons. The Morgan fingerprint density at radius 3 is 2.70 bits per heavy atom. The van der Waals surface area contributed by atoms with E-state index in [1.807, 2.05) is 0 Å². The number of carboxylic acids is 1. The summed E-state index contributed by atoms with van der Waals surface area (Å²) in [6.45, 7) is 1.54.